The first-order valence-electron chi connectivity index (χ1n) is 2.39. The molecule has 0 N–H and O–H groups in total. The molecule has 0 saturated carbocycles. The Kier molecular flexibility index (Phi) is 5.72. The van der Waals surface area contributed by atoms with E-state index in [2.05, 4.69) is 11.3 Å². The first-order valence-corrected chi connectivity index (χ1v) is 2.39. The van der Waals surface area contributed by atoms with Crippen molar-refractivity contribution < 1.29 is 9.53 Å². The van der Waals surface area contributed by atoms with Crippen LogP contribution in [0.25, 0.3) is 0 Å². The van der Waals surface area contributed by atoms with E-state index in [0.717, 1.165) is 0 Å². The second-order valence-electron chi connectivity index (χ2n) is 1.15. The molecule has 0 spiro atoms. The molecule has 2 nitrogen and oxygen atoms in total. The van der Waals surface area contributed by atoms with E-state index < -0.39 is 0 Å². The molecular weight excluding hydrogens is 116 g/mol. The highest BCUT2D eigenvalue weighted by atomic mass is 16.5. The molecule has 0 aromatic rings. The fraction of sp³-hybridized carbons (Fsp3) is 0. The van der Waals surface area contributed by atoms with Gasteiger partial charge < -0.3 is 4.74 Å². The molecule has 0 heterocycles. The van der Waals surface area contributed by atoms with Crippen molar-refractivity contribution in [3.05, 3.63) is 37.1 Å². The standard InChI is InChI=1S/C7H7O2/c1-2-3-4-5-6-9-7-8/h2-6H,1H2/b4-3+,6-5+. The van der Waals surface area contributed by atoms with Crippen molar-refractivity contribution in [2.45, 2.75) is 0 Å². The SMILES string of the molecule is C=C/C=C/C=C/O[C]=O. The summed E-state index contributed by atoms with van der Waals surface area (Å²) in [6.45, 7) is 4.69. The average Bonchev–Trinajstić information content (AvgIpc) is 1.89. The third-order valence-electron chi connectivity index (χ3n) is 0.553. The fourth-order valence-electron chi connectivity index (χ4n) is 0.255. The lowest BCUT2D eigenvalue weighted by Gasteiger charge is -1.75. The van der Waals surface area contributed by atoms with Crippen LogP contribution in [0.2, 0.25) is 0 Å². The zero-order valence-electron chi connectivity index (χ0n) is 4.91. The van der Waals surface area contributed by atoms with Crippen LogP contribution in [-0.2, 0) is 9.53 Å². The zero-order chi connectivity index (χ0) is 6.95. The third kappa shape index (κ3) is 6.69. The van der Waals surface area contributed by atoms with Crippen LogP contribution >= 0.6 is 0 Å². The molecule has 0 atom stereocenters. The van der Waals surface area contributed by atoms with Gasteiger partial charge in [0.1, 0.15) is 0 Å². The van der Waals surface area contributed by atoms with Gasteiger partial charge in [-0.1, -0.05) is 24.8 Å². The lowest BCUT2D eigenvalue weighted by molar-refractivity contribution is 0.398. The molecule has 0 aliphatic heterocycles. The summed E-state index contributed by atoms with van der Waals surface area (Å²) in [7, 11) is 0. The molecule has 0 aliphatic carbocycles. The first-order chi connectivity index (χ1) is 4.41. The maximum absolute atomic E-state index is 9.39. The van der Waals surface area contributed by atoms with Crippen molar-refractivity contribution in [3.63, 3.8) is 0 Å². The Bertz CT molecular complexity index is 134. The van der Waals surface area contributed by atoms with Gasteiger partial charge in [-0.15, -0.1) is 0 Å². The van der Waals surface area contributed by atoms with Gasteiger partial charge in [-0.2, -0.15) is 0 Å². The fourth-order valence-corrected chi connectivity index (χ4v) is 0.255. The van der Waals surface area contributed by atoms with Crippen LogP contribution in [0.4, 0.5) is 0 Å². The van der Waals surface area contributed by atoms with E-state index in [-0.39, 0.29) is 0 Å². The Morgan fingerprint density at radius 1 is 1.33 bits per heavy atom. The Morgan fingerprint density at radius 3 is 2.67 bits per heavy atom. The number of allylic oxidation sites excluding steroid dienone is 4. The zero-order valence-corrected chi connectivity index (χ0v) is 4.91. The van der Waals surface area contributed by atoms with Crippen LogP contribution in [-0.4, -0.2) is 6.47 Å². The molecule has 0 saturated heterocycles. The molecule has 2 heteroatoms. The van der Waals surface area contributed by atoms with Gasteiger partial charge in [0.15, 0.2) is 0 Å². The maximum Gasteiger partial charge on any atom is 0.422 e. The molecule has 9 heavy (non-hydrogen) atoms. The molecule has 0 aromatic carbocycles. The Hall–Kier alpha value is -1.31. The van der Waals surface area contributed by atoms with Gasteiger partial charge in [0.05, 0.1) is 6.26 Å². The monoisotopic (exact) mass is 123 g/mol. The van der Waals surface area contributed by atoms with Gasteiger partial charge >= 0.3 is 6.47 Å². The van der Waals surface area contributed by atoms with E-state index in [1.54, 1.807) is 24.3 Å². The maximum atomic E-state index is 9.39. The van der Waals surface area contributed by atoms with Crippen molar-refractivity contribution in [2.24, 2.45) is 0 Å². The second-order valence-corrected chi connectivity index (χ2v) is 1.15. The van der Waals surface area contributed by atoms with E-state index in [4.69, 9.17) is 0 Å². The second kappa shape index (κ2) is 6.69. The van der Waals surface area contributed by atoms with Crippen LogP contribution in [0.5, 0.6) is 0 Å². The number of hydrogen-bond acceptors (Lipinski definition) is 2. The van der Waals surface area contributed by atoms with Crippen molar-refractivity contribution in [1.82, 2.24) is 0 Å². The quantitative estimate of drug-likeness (QED) is 0.416. The van der Waals surface area contributed by atoms with Gasteiger partial charge in [-0.25, -0.2) is 4.79 Å². The Balaban J connectivity index is 3.33. The number of hydrogen-bond donors (Lipinski definition) is 0. The summed E-state index contributed by atoms with van der Waals surface area (Å²) in [4.78, 5) is 9.39. The molecule has 0 aromatic heterocycles. The largest absolute Gasteiger partial charge is 0.426 e. The van der Waals surface area contributed by atoms with Crippen LogP contribution in [0, 0.1) is 0 Å². The van der Waals surface area contributed by atoms with Crippen molar-refractivity contribution in [3.8, 4) is 0 Å². The van der Waals surface area contributed by atoms with Crippen LogP contribution in [0.15, 0.2) is 37.1 Å². The van der Waals surface area contributed by atoms with Crippen LogP contribution in [0.3, 0.4) is 0 Å². The molecule has 0 rings (SSSR count). The average molecular weight is 123 g/mol. The number of ether oxygens (including phenoxy) is 1. The van der Waals surface area contributed by atoms with Gasteiger partial charge in [0.2, 0.25) is 0 Å². The van der Waals surface area contributed by atoms with Gasteiger partial charge in [0.25, 0.3) is 0 Å². The molecule has 1 radical (unpaired) electrons. The Morgan fingerprint density at radius 2 is 2.11 bits per heavy atom. The van der Waals surface area contributed by atoms with Crippen LogP contribution < -0.4 is 0 Å². The lowest BCUT2D eigenvalue weighted by atomic mass is 10.5. The molecular formula is C7H7O2. The van der Waals surface area contributed by atoms with Gasteiger partial charge in [-0.3, -0.25) is 0 Å². The molecule has 47 valence electrons. The first kappa shape index (κ1) is 7.69. The molecule has 0 bridgehead atoms. The summed E-state index contributed by atoms with van der Waals surface area (Å²) >= 11 is 0. The summed E-state index contributed by atoms with van der Waals surface area (Å²) in [5.41, 5.74) is 0. The minimum Gasteiger partial charge on any atom is -0.426 e. The van der Waals surface area contributed by atoms with E-state index in [1.807, 2.05) is 0 Å². The van der Waals surface area contributed by atoms with Gasteiger partial charge in [0, 0.05) is 0 Å². The molecule has 0 fully saturated rings. The smallest absolute Gasteiger partial charge is 0.422 e. The van der Waals surface area contributed by atoms with Gasteiger partial charge in [-0.05, 0) is 6.08 Å². The van der Waals surface area contributed by atoms with Crippen molar-refractivity contribution in [1.29, 1.82) is 0 Å². The number of carbonyl (C=O) groups excluding carboxylic acids is 1. The Labute approximate surface area is 54.1 Å². The van der Waals surface area contributed by atoms with E-state index in [0.29, 0.717) is 0 Å². The van der Waals surface area contributed by atoms with E-state index in [9.17, 15) is 4.79 Å². The summed E-state index contributed by atoms with van der Waals surface area (Å²) in [6, 6.07) is 0. The molecule has 0 amide bonds. The lowest BCUT2D eigenvalue weighted by Crippen LogP contribution is -1.69. The highest BCUT2D eigenvalue weighted by Crippen LogP contribution is 1.77. The number of rotatable bonds is 4. The van der Waals surface area contributed by atoms with Crippen molar-refractivity contribution in [2.75, 3.05) is 0 Å². The normalized spacial score (nSPS) is 10.2. The van der Waals surface area contributed by atoms with E-state index >= 15 is 0 Å². The molecule has 0 unspecified atom stereocenters. The third-order valence-corrected chi connectivity index (χ3v) is 0.553. The summed E-state index contributed by atoms with van der Waals surface area (Å²) in [5, 5.41) is 0. The topological polar surface area (TPSA) is 26.3 Å². The summed E-state index contributed by atoms with van der Waals surface area (Å²) < 4.78 is 4.11. The minimum atomic E-state index is 1.23. The molecule has 0 aliphatic rings. The highest BCUT2D eigenvalue weighted by molar-refractivity contribution is 5.39. The van der Waals surface area contributed by atoms with E-state index in [1.165, 1.54) is 12.7 Å². The predicted molar refractivity (Wildman–Crippen MR) is 35.3 cm³/mol. The highest BCUT2D eigenvalue weighted by Gasteiger charge is 1.65. The van der Waals surface area contributed by atoms with Crippen LogP contribution in [0.1, 0.15) is 0 Å². The van der Waals surface area contributed by atoms with Crippen molar-refractivity contribution >= 4 is 6.47 Å². The predicted octanol–water partition coefficient (Wildman–Crippen LogP) is 1.33. The minimum absolute atomic E-state index is 1.23. The summed E-state index contributed by atoms with van der Waals surface area (Å²) in [6.07, 6.45) is 7.81. The summed E-state index contributed by atoms with van der Waals surface area (Å²) in [5.74, 6) is 0.